The second kappa shape index (κ2) is 11.9. The van der Waals surface area contributed by atoms with Crippen molar-refractivity contribution in [3.05, 3.63) is 59.7 Å². The average molecular weight is 396 g/mol. The molecule has 29 heavy (non-hydrogen) atoms. The normalized spacial score (nSPS) is 11.0. The highest BCUT2D eigenvalue weighted by molar-refractivity contribution is 5.83. The van der Waals surface area contributed by atoms with Crippen molar-refractivity contribution >= 4 is 24.2 Å². The molecule has 0 radical (unpaired) electrons. The van der Waals surface area contributed by atoms with E-state index >= 15 is 0 Å². The van der Waals surface area contributed by atoms with Crippen LogP contribution in [0.15, 0.2) is 58.7 Å². The highest BCUT2D eigenvalue weighted by Gasteiger charge is 2.02. The van der Waals surface area contributed by atoms with Crippen LogP contribution in [0.5, 0.6) is 11.5 Å². The predicted molar refractivity (Wildman–Crippen MR) is 111 cm³/mol. The van der Waals surface area contributed by atoms with Gasteiger partial charge in [0, 0.05) is 12.8 Å². The molecule has 0 aliphatic heterocycles. The van der Waals surface area contributed by atoms with Crippen molar-refractivity contribution < 1.29 is 19.8 Å². The number of hydrogen-bond acceptors (Lipinski definition) is 6. The van der Waals surface area contributed by atoms with Gasteiger partial charge in [-0.1, -0.05) is 30.7 Å². The third-order valence-electron chi connectivity index (χ3n) is 3.85. The minimum Gasteiger partial charge on any atom is -0.508 e. The molecular formula is C21H24N4O4. The third kappa shape index (κ3) is 9.18. The highest BCUT2D eigenvalue weighted by Crippen LogP contribution is 2.09. The Labute approximate surface area is 169 Å². The van der Waals surface area contributed by atoms with E-state index < -0.39 is 0 Å². The molecule has 0 aliphatic carbocycles. The highest BCUT2D eigenvalue weighted by atomic mass is 16.3. The second-order valence-corrected chi connectivity index (χ2v) is 6.34. The SMILES string of the molecule is O=C(CCCCCC(=O)N/N=C/c1cccc(O)c1)N/N=C/c1cccc(O)c1. The summed E-state index contributed by atoms with van der Waals surface area (Å²) in [6.07, 6.45) is 5.57. The number of hydrazone groups is 2. The third-order valence-corrected chi connectivity index (χ3v) is 3.85. The summed E-state index contributed by atoms with van der Waals surface area (Å²) in [4.78, 5) is 23.4. The van der Waals surface area contributed by atoms with E-state index in [1.165, 1.54) is 24.6 Å². The van der Waals surface area contributed by atoms with Crippen molar-refractivity contribution in [2.24, 2.45) is 10.2 Å². The van der Waals surface area contributed by atoms with Gasteiger partial charge in [0.25, 0.3) is 0 Å². The van der Waals surface area contributed by atoms with Crippen LogP contribution in [-0.4, -0.2) is 34.5 Å². The van der Waals surface area contributed by atoms with E-state index in [2.05, 4.69) is 21.1 Å². The first-order chi connectivity index (χ1) is 14.0. The lowest BCUT2D eigenvalue weighted by Crippen LogP contribution is -2.18. The van der Waals surface area contributed by atoms with E-state index in [1.807, 2.05) is 0 Å². The van der Waals surface area contributed by atoms with Crippen LogP contribution in [0.1, 0.15) is 43.2 Å². The molecule has 0 saturated carbocycles. The Kier molecular flexibility index (Phi) is 8.88. The summed E-state index contributed by atoms with van der Waals surface area (Å²) >= 11 is 0. The summed E-state index contributed by atoms with van der Waals surface area (Å²) in [7, 11) is 0. The van der Waals surface area contributed by atoms with Gasteiger partial charge < -0.3 is 10.2 Å². The monoisotopic (exact) mass is 396 g/mol. The topological polar surface area (TPSA) is 123 Å². The molecular weight excluding hydrogens is 372 g/mol. The molecule has 0 aromatic heterocycles. The van der Waals surface area contributed by atoms with Crippen molar-refractivity contribution in [1.82, 2.24) is 10.9 Å². The number of hydrogen-bond donors (Lipinski definition) is 4. The van der Waals surface area contributed by atoms with Gasteiger partial charge in [-0.15, -0.1) is 0 Å². The Hall–Kier alpha value is -3.68. The minimum absolute atomic E-state index is 0.134. The van der Waals surface area contributed by atoms with Crippen LogP contribution in [0, 0.1) is 0 Å². The van der Waals surface area contributed by atoms with Crippen LogP contribution in [0.4, 0.5) is 0 Å². The van der Waals surface area contributed by atoms with Gasteiger partial charge in [0.2, 0.25) is 11.8 Å². The lowest BCUT2D eigenvalue weighted by atomic mass is 10.1. The number of aromatic hydroxyl groups is 2. The Morgan fingerprint density at radius 3 is 1.62 bits per heavy atom. The molecule has 0 heterocycles. The van der Waals surface area contributed by atoms with Crippen LogP contribution < -0.4 is 10.9 Å². The molecule has 0 atom stereocenters. The molecule has 2 aromatic carbocycles. The van der Waals surface area contributed by atoms with Gasteiger partial charge in [0.1, 0.15) is 11.5 Å². The molecule has 0 unspecified atom stereocenters. The molecule has 0 spiro atoms. The molecule has 8 nitrogen and oxygen atoms in total. The van der Waals surface area contributed by atoms with Gasteiger partial charge in [-0.3, -0.25) is 9.59 Å². The lowest BCUT2D eigenvalue weighted by molar-refractivity contribution is -0.121. The number of nitrogens with one attached hydrogen (secondary N) is 2. The molecule has 4 N–H and O–H groups in total. The van der Waals surface area contributed by atoms with Crippen molar-refractivity contribution in [2.45, 2.75) is 32.1 Å². The number of carbonyl (C=O) groups is 2. The van der Waals surface area contributed by atoms with E-state index in [-0.39, 0.29) is 23.3 Å². The molecule has 8 heteroatoms. The van der Waals surface area contributed by atoms with Crippen LogP contribution in [0.2, 0.25) is 0 Å². The van der Waals surface area contributed by atoms with Gasteiger partial charge in [-0.2, -0.15) is 10.2 Å². The molecule has 2 rings (SSSR count). The maximum atomic E-state index is 11.7. The van der Waals surface area contributed by atoms with Crippen molar-refractivity contribution in [3.63, 3.8) is 0 Å². The smallest absolute Gasteiger partial charge is 0.240 e. The molecule has 152 valence electrons. The zero-order valence-electron chi connectivity index (χ0n) is 15.9. The van der Waals surface area contributed by atoms with Crippen LogP contribution >= 0.6 is 0 Å². The number of benzene rings is 2. The number of phenolic OH excluding ortho intramolecular Hbond substituents is 2. The van der Waals surface area contributed by atoms with Crippen molar-refractivity contribution in [1.29, 1.82) is 0 Å². The summed E-state index contributed by atoms with van der Waals surface area (Å²) in [5, 5.41) is 26.4. The standard InChI is InChI=1S/C21H24N4O4/c26-18-8-4-6-16(12-18)14-22-24-20(28)10-2-1-3-11-21(29)25-23-15-17-7-5-9-19(27)13-17/h4-9,12-15,26-27H,1-3,10-11H2,(H,24,28)(H,25,29)/b22-14+,23-15+. The van der Waals surface area contributed by atoms with E-state index in [0.717, 1.165) is 6.42 Å². The van der Waals surface area contributed by atoms with Gasteiger partial charge in [-0.25, -0.2) is 10.9 Å². The van der Waals surface area contributed by atoms with Gasteiger partial charge >= 0.3 is 0 Å². The summed E-state index contributed by atoms with van der Waals surface area (Å²) in [6, 6.07) is 13.1. The molecule has 2 amide bonds. The number of unbranched alkanes of at least 4 members (excludes halogenated alkanes) is 2. The molecule has 0 aliphatic rings. The zero-order valence-corrected chi connectivity index (χ0v) is 15.9. The fourth-order valence-corrected chi connectivity index (χ4v) is 2.43. The number of carbonyl (C=O) groups excluding carboxylic acids is 2. The van der Waals surface area contributed by atoms with E-state index in [9.17, 15) is 19.8 Å². The average Bonchev–Trinajstić information content (AvgIpc) is 2.68. The Bertz CT molecular complexity index is 809. The summed E-state index contributed by atoms with van der Waals surface area (Å²) < 4.78 is 0. The largest absolute Gasteiger partial charge is 0.508 e. The Morgan fingerprint density at radius 1 is 0.759 bits per heavy atom. The minimum atomic E-state index is -0.207. The maximum absolute atomic E-state index is 11.7. The van der Waals surface area contributed by atoms with Crippen LogP contribution in [0.3, 0.4) is 0 Å². The number of phenols is 2. The summed E-state index contributed by atoms with van der Waals surface area (Å²) in [6.45, 7) is 0. The van der Waals surface area contributed by atoms with Gasteiger partial charge in [0.15, 0.2) is 0 Å². The first kappa shape index (κ1) is 21.6. The first-order valence-corrected chi connectivity index (χ1v) is 9.25. The number of amides is 2. The zero-order chi connectivity index (χ0) is 20.9. The fourth-order valence-electron chi connectivity index (χ4n) is 2.43. The fraction of sp³-hybridized carbons (Fsp3) is 0.238. The summed E-state index contributed by atoms with van der Waals surface area (Å²) in [5.41, 5.74) is 6.23. The molecule has 2 aromatic rings. The van der Waals surface area contributed by atoms with E-state index in [0.29, 0.717) is 36.8 Å². The number of nitrogens with zero attached hydrogens (tertiary/aromatic N) is 2. The van der Waals surface area contributed by atoms with Crippen LogP contribution in [0.25, 0.3) is 0 Å². The maximum Gasteiger partial charge on any atom is 0.240 e. The van der Waals surface area contributed by atoms with Gasteiger partial charge in [0.05, 0.1) is 12.4 Å². The Balaban J connectivity index is 1.54. The Morgan fingerprint density at radius 2 is 1.21 bits per heavy atom. The van der Waals surface area contributed by atoms with Gasteiger partial charge in [-0.05, 0) is 48.2 Å². The molecule has 0 fully saturated rings. The van der Waals surface area contributed by atoms with Crippen molar-refractivity contribution in [3.8, 4) is 11.5 Å². The second-order valence-electron chi connectivity index (χ2n) is 6.34. The van der Waals surface area contributed by atoms with E-state index in [1.54, 1.807) is 36.4 Å². The quantitative estimate of drug-likeness (QED) is 0.280. The number of rotatable bonds is 10. The van der Waals surface area contributed by atoms with Crippen LogP contribution in [-0.2, 0) is 9.59 Å². The van der Waals surface area contributed by atoms with E-state index in [4.69, 9.17) is 0 Å². The molecule has 0 bridgehead atoms. The molecule has 0 saturated heterocycles. The lowest BCUT2D eigenvalue weighted by Gasteiger charge is -2.01. The van der Waals surface area contributed by atoms with Crippen molar-refractivity contribution in [2.75, 3.05) is 0 Å². The first-order valence-electron chi connectivity index (χ1n) is 9.25. The summed E-state index contributed by atoms with van der Waals surface area (Å²) in [5.74, 6) is -0.146. The predicted octanol–water partition coefficient (Wildman–Crippen LogP) is 2.65.